The summed E-state index contributed by atoms with van der Waals surface area (Å²) in [4.78, 5) is 27.7. The zero-order valence-electron chi connectivity index (χ0n) is 12.0. The van der Waals surface area contributed by atoms with E-state index in [2.05, 4.69) is 0 Å². The van der Waals surface area contributed by atoms with Gasteiger partial charge in [-0.2, -0.15) is 0 Å². The van der Waals surface area contributed by atoms with Crippen LogP contribution in [-0.4, -0.2) is 52.6 Å². The van der Waals surface area contributed by atoms with Gasteiger partial charge < -0.3 is 14.9 Å². The van der Waals surface area contributed by atoms with Gasteiger partial charge in [-0.1, -0.05) is 6.42 Å². The Morgan fingerprint density at radius 1 is 0.950 bits per heavy atom. The van der Waals surface area contributed by atoms with Crippen molar-refractivity contribution in [1.29, 1.82) is 0 Å². The van der Waals surface area contributed by atoms with E-state index in [9.17, 15) is 9.59 Å². The fraction of sp³-hybridized carbons (Fsp3) is 0.867. The third-order valence-corrected chi connectivity index (χ3v) is 5.28. The molecule has 2 amide bonds. The minimum atomic E-state index is -0.764. The predicted molar refractivity (Wildman–Crippen MR) is 74.4 cm³/mol. The average molecular weight is 280 g/mol. The number of urea groups is 1. The SMILES string of the molecule is O=C(O)C1CCCN(C(=O)N2CCCC3CCCC32)C1. The van der Waals surface area contributed by atoms with E-state index < -0.39 is 5.97 Å². The fourth-order valence-electron chi connectivity index (χ4n) is 4.23. The molecule has 20 heavy (non-hydrogen) atoms. The van der Waals surface area contributed by atoms with E-state index >= 15 is 0 Å². The number of likely N-dealkylation sites (tertiary alicyclic amines) is 2. The molecule has 0 spiro atoms. The van der Waals surface area contributed by atoms with Crippen LogP contribution >= 0.6 is 0 Å². The quantitative estimate of drug-likeness (QED) is 0.800. The Labute approximate surface area is 119 Å². The fourth-order valence-corrected chi connectivity index (χ4v) is 4.23. The molecule has 0 aromatic heterocycles. The van der Waals surface area contributed by atoms with E-state index in [0.29, 0.717) is 24.9 Å². The van der Waals surface area contributed by atoms with Crippen molar-refractivity contribution in [2.24, 2.45) is 11.8 Å². The van der Waals surface area contributed by atoms with Crippen molar-refractivity contribution in [1.82, 2.24) is 9.80 Å². The summed E-state index contributed by atoms with van der Waals surface area (Å²) in [5, 5.41) is 9.15. The van der Waals surface area contributed by atoms with Crippen LogP contribution in [0.25, 0.3) is 0 Å². The number of rotatable bonds is 1. The van der Waals surface area contributed by atoms with E-state index in [1.165, 1.54) is 19.3 Å². The number of amides is 2. The summed E-state index contributed by atoms with van der Waals surface area (Å²) in [6.45, 7) is 1.97. The Morgan fingerprint density at radius 3 is 2.50 bits per heavy atom. The third kappa shape index (κ3) is 2.50. The van der Waals surface area contributed by atoms with E-state index in [-0.39, 0.29) is 11.9 Å². The van der Waals surface area contributed by atoms with Gasteiger partial charge in [0.1, 0.15) is 0 Å². The molecular weight excluding hydrogens is 256 g/mol. The van der Waals surface area contributed by atoms with Crippen LogP contribution in [0.2, 0.25) is 0 Å². The molecule has 0 aromatic carbocycles. The number of carboxylic acids is 1. The van der Waals surface area contributed by atoms with Gasteiger partial charge in [-0.15, -0.1) is 0 Å². The van der Waals surface area contributed by atoms with Crippen molar-refractivity contribution in [2.45, 2.75) is 51.0 Å². The maximum atomic E-state index is 12.7. The first-order valence-electron chi connectivity index (χ1n) is 7.95. The molecule has 1 aliphatic carbocycles. The van der Waals surface area contributed by atoms with Crippen LogP contribution in [0.1, 0.15) is 44.9 Å². The molecule has 1 N–H and O–H groups in total. The maximum Gasteiger partial charge on any atom is 0.320 e. The standard InChI is InChI=1S/C15H24N2O3/c18-14(19)12-6-2-8-16(10-12)15(20)17-9-3-5-11-4-1-7-13(11)17/h11-13H,1-10H2,(H,18,19). The number of hydrogen-bond donors (Lipinski definition) is 1. The zero-order chi connectivity index (χ0) is 14.1. The van der Waals surface area contributed by atoms with Crippen molar-refractivity contribution < 1.29 is 14.7 Å². The molecule has 5 nitrogen and oxygen atoms in total. The second-order valence-electron chi connectivity index (χ2n) is 6.50. The first kappa shape index (κ1) is 13.7. The van der Waals surface area contributed by atoms with Gasteiger partial charge in [0.2, 0.25) is 0 Å². The molecule has 3 rings (SSSR count). The molecule has 3 aliphatic rings. The summed E-state index contributed by atoms with van der Waals surface area (Å²) < 4.78 is 0. The van der Waals surface area contributed by atoms with Crippen LogP contribution in [0.3, 0.4) is 0 Å². The van der Waals surface area contributed by atoms with Gasteiger partial charge in [0.25, 0.3) is 0 Å². The van der Waals surface area contributed by atoms with Gasteiger partial charge in [-0.3, -0.25) is 4.79 Å². The molecule has 5 heteroatoms. The maximum absolute atomic E-state index is 12.7. The Kier molecular flexibility index (Phi) is 3.85. The van der Waals surface area contributed by atoms with E-state index in [1.807, 2.05) is 4.90 Å². The van der Waals surface area contributed by atoms with Crippen LogP contribution in [0.15, 0.2) is 0 Å². The monoisotopic (exact) mass is 280 g/mol. The van der Waals surface area contributed by atoms with Gasteiger partial charge in [0, 0.05) is 25.7 Å². The second-order valence-corrected chi connectivity index (χ2v) is 6.50. The van der Waals surface area contributed by atoms with Crippen molar-refractivity contribution in [3.8, 4) is 0 Å². The highest BCUT2D eigenvalue weighted by atomic mass is 16.4. The third-order valence-electron chi connectivity index (χ3n) is 5.28. The Morgan fingerprint density at radius 2 is 1.70 bits per heavy atom. The normalized spacial score (nSPS) is 33.9. The molecule has 0 bridgehead atoms. The van der Waals surface area contributed by atoms with Crippen molar-refractivity contribution >= 4 is 12.0 Å². The molecule has 2 heterocycles. The van der Waals surface area contributed by atoms with E-state index in [1.54, 1.807) is 4.90 Å². The van der Waals surface area contributed by atoms with Gasteiger partial charge >= 0.3 is 12.0 Å². The second kappa shape index (κ2) is 5.62. The van der Waals surface area contributed by atoms with Crippen molar-refractivity contribution in [3.05, 3.63) is 0 Å². The molecule has 2 aliphatic heterocycles. The molecule has 3 fully saturated rings. The molecule has 2 saturated heterocycles. The van der Waals surface area contributed by atoms with E-state index in [4.69, 9.17) is 5.11 Å². The minimum absolute atomic E-state index is 0.0903. The van der Waals surface area contributed by atoms with Crippen LogP contribution in [0, 0.1) is 11.8 Å². The number of carboxylic acid groups (broad SMARTS) is 1. The summed E-state index contributed by atoms with van der Waals surface area (Å²) in [5.41, 5.74) is 0. The predicted octanol–water partition coefficient (Wildman–Crippen LogP) is 2.17. The van der Waals surface area contributed by atoms with Crippen LogP contribution < -0.4 is 0 Å². The average Bonchev–Trinajstić information content (AvgIpc) is 2.95. The lowest BCUT2D eigenvalue weighted by molar-refractivity contribution is -0.143. The lowest BCUT2D eigenvalue weighted by Gasteiger charge is -2.42. The largest absolute Gasteiger partial charge is 0.481 e. The number of hydrogen-bond acceptors (Lipinski definition) is 2. The smallest absolute Gasteiger partial charge is 0.320 e. The summed E-state index contributed by atoms with van der Waals surface area (Å²) in [7, 11) is 0. The Hall–Kier alpha value is -1.26. The molecule has 0 aromatic rings. The first-order chi connectivity index (χ1) is 9.66. The summed E-state index contributed by atoms with van der Waals surface area (Å²) in [5.74, 6) is -0.454. The Balaban J connectivity index is 1.66. The molecule has 112 valence electrons. The number of carbonyl (C=O) groups is 2. The first-order valence-corrected chi connectivity index (χ1v) is 7.95. The van der Waals surface area contributed by atoms with Gasteiger partial charge in [-0.05, 0) is 44.4 Å². The molecule has 3 unspecified atom stereocenters. The lowest BCUT2D eigenvalue weighted by atomic mass is 9.92. The number of carbonyl (C=O) groups excluding carboxylic acids is 1. The van der Waals surface area contributed by atoms with Crippen molar-refractivity contribution in [2.75, 3.05) is 19.6 Å². The molecule has 1 saturated carbocycles. The number of piperidine rings is 2. The highest BCUT2D eigenvalue weighted by Crippen LogP contribution is 2.37. The summed E-state index contributed by atoms with van der Waals surface area (Å²) in [6, 6.07) is 0.508. The van der Waals surface area contributed by atoms with Crippen LogP contribution in [-0.2, 0) is 4.79 Å². The number of nitrogens with zero attached hydrogens (tertiary/aromatic N) is 2. The minimum Gasteiger partial charge on any atom is -0.481 e. The summed E-state index contributed by atoms with van der Waals surface area (Å²) in [6.07, 6.45) is 7.49. The van der Waals surface area contributed by atoms with Crippen molar-refractivity contribution in [3.63, 3.8) is 0 Å². The highest BCUT2D eigenvalue weighted by Gasteiger charge is 2.40. The zero-order valence-corrected chi connectivity index (χ0v) is 12.0. The topological polar surface area (TPSA) is 60.9 Å². The van der Waals surface area contributed by atoms with Gasteiger partial charge in [0.05, 0.1) is 5.92 Å². The molecular formula is C15H24N2O3. The van der Waals surface area contributed by atoms with Crippen LogP contribution in [0.4, 0.5) is 4.79 Å². The lowest BCUT2D eigenvalue weighted by Crippen LogP contribution is -2.54. The molecule has 0 radical (unpaired) electrons. The molecule has 3 atom stereocenters. The van der Waals surface area contributed by atoms with Gasteiger partial charge in [0.15, 0.2) is 0 Å². The number of aliphatic carboxylic acids is 1. The van der Waals surface area contributed by atoms with Gasteiger partial charge in [-0.25, -0.2) is 4.79 Å². The number of fused-ring (bicyclic) bond motifs is 1. The Bertz CT molecular complexity index is 399. The van der Waals surface area contributed by atoms with E-state index in [0.717, 1.165) is 32.4 Å². The van der Waals surface area contributed by atoms with Crippen LogP contribution in [0.5, 0.6) is 0 Å². The summed E-state index contributed by atoms with van der Waals surface area (Å²) >= 11 is 0. The highest BCUT2D eigenvalue weighted by molar-refractivity contribution is 5.77.